The number of hydrogen-bond acceptors (Lipinski definition) is 4. The van der Waals surface area contributed by atoms with E-state index in [-0.39, 0.29) is 18.7 Å². The molecule has 1 aromatic heterocycles. The summed E-state index contributed by atoms with van der Waals surface area (Å²) >= 11 is 3.13. The summed E-state index contributed by atoms with van der Waals surface area (Å²) in [6.45, 7) is 0.0699. The lowest BCUT2D eigenvalue weighted by Gasteiger charge is -2.07. The summed E-state index contributed by atoms with van der Waals surface area (Å²) in [5.41, 5.74) is 0.226. The van der Waals surface area contributed by atoms with E-state index in [0.29, 0.717) is 4.60 Å². The Morgan fingerprint density at radius 2 is 2.18 bits per heavy atom. The van der Waals surface area contributed by atoms with Gasteiger partial charge in [0.2, 0.25) is 0 Å². The van der Waals surface area contributed by atoms with Crippen LogP contribution in [-0.4, -0.2) is 39.7 Å². The van der Waals surface area contributed by atoms with Gasteiger partial charge in [-0.25, -0.2) is 9.78 Å². The lowest BCUT2D eigenvalue weighted by atomic mass is 10.2. The molecule has 0 fully saturated rings. The number of pyridine rings is 1. The zero-order chi connectivity index (χ0) is 12.8. The molecular weight excluding hydrogens is 292 g/mol. The van der Waals surface area contributed by atoms with Crippen molar-refractivity contribution in [2.45, 2.75) is 12.5 Å². The first-order valence-corrected chi connectivity index (χ1v) is 5.61. The summed E-state index contributed by atoms with van der Waals surface area (Å²) in [5, 5.41) is 19.9. The third-order valence-electron chi connectivity index (χ3n) is 1.94. The predicted molar refractivity (Wildman–Crippen MR) is 62.5 cm³/mol. The van der Waals surface area contributed by atoms with Crippen molar-refractivity contribution in [3.8, 4) is 0 Å². The van der Waals surface area contributed by atoms with E-state index in [1.807, 2.05) is 0 Å². The lowest BCUT2D eigenvalue weighted by molar-refractivity contribution is -0.146. The average molecular weight is 303 g/mol. The van der Waals surface area contributed by atoms with Gasteiger partial charge in [0.25, 0.3) is 5.91 Å². The molecule has 0 aliphatic carbocycles. The number of aliphatic hydroxyl groups is 1. The van der Waals surface area contributed by atoms with Gasteiger partial charge in [-0.1, -0.05) is 6.07 Å². The number of carboxylic acids is 1. The normalized spacial score (nSPS) is 11.9. The van der Waals surface area contributed by atoms with Gasteiger partial charge in [0.15, 0.2) is 6.10 Å². The Hall–Kier alpha value is -1.47. The minimum atomic E-state index is -1.47. The molecule has 1 amide bonds. The minimum absolute atomic E-state index is 0.0466. The van der Waals surface area contributed by atoms with E-state index in [0.717, 1.165) is 0 Å². The monoisotopic (exact) mass is 302 g/mol. The number of nitrogens with one attached hydrogen (secondary N) is 1. The van der Waals surface area contributed by atoms with Crippen molar-refractivity contribution >= 4 is 27.8 Å². The molecule has 1 heterocycles. The number of carbonyl (C=O) groups is 2. The van der Waals surface area contributed by atoms with Crippen molar-refractivity contribution in [2.75, 3.05) is 6.54 Å². The van der Waals surface area contributed by atoms with Crippen LogP contribution in [0.25, 0.3) is 0 Å². The number of nitrogens with zero attached hydrogens (tertiary/aromatic N) is 1. The maximum absolute atomic E-state index is 11.5. The molecule has 0 unspecified atom stereocenters. The van der Waals surface area contributed by atoms with Gasteiger partial charge >= 0.3 is 5.97 Å². The summed E-state index contributed by atoms with van der Waals surface area (Å²) in [6, 6.07) is 4.89. The van der Waals surface area contributed by atoms with Crippen LogP contribution in [0, 0.1) is 0 Å². The van der Waals surface area contributed by atoms with Crippen molar-refractivity contribution in [2.24, 2.45) is 0 Å². The second kappa shape index (κ2) is 6.31. The molecular formula is C10H11BrN2O4. The SMILES string of the molecule is O=C(NCC[C@H](O)C(=O)O)c1cccc(Br)n1. The van der Waals surface area contributed by atoms with E-state index in [4.69, 9.17) is 10.2 Å². The molecule has 1 atom stereocenters. The largest absolute Gasteiger partial charge is 0.479 e. The Bertz CT molecular complexity index is 425. The lowest BCUT2D eigenvalue weighted by Crippen LogP contribution is -2.30. The van der Waals surface area contributed by atoms with Crippen LogP contribution < -0.4 is 5.32 Å². The highest BCUT2D eigenvalue weighted by atomic mass is 79.9. The van der Waals surface area contributed by atoms with Crippen LogP contribution in [0.4, 0.5) is 0 Å². The van der Waals surface area contributed by atoms with Crippen molar-refractivity contribution in [1.82, 2.24) is 10.3 Å². The highest BCUT2D eigenvalue weighted by molar-refractivity contribution is 9.10. The molecule has 7 heteroatoms. The molecule has 17 heavy (non-hydrogen) atoms. The number of carboxylic acid groups (broad SMARTS) is 1. The van der Waals surface area contributed by atoms with Gasteiger partial charge in [0.05, 0.1) is 0 Å². The molecule has 0 bridgehead atoms. The molecule has 0 saturated carbocycles. The van der Waals surface area contributed by atoms with Crippen molar-refractivity contribution in [3.05, 3.63) is 28.5 Å². The van der Waals surface area contributed by atoms with Crippen LogP contribution >= 0.6 is 15.9 Å². The fraction of sp³-hybridized carbons (Fsp3) is 0.300. The molecule has 0 radical (unpaired) electrons. The smallest absolute Gasteiger partial charge is 0.332 e. The van der Waals surface area contributed by atoms with E-state index >= 15 is 0 Å². The first-order chi connectivity index (χ1) is 8.00. The Morgan fingerprint density at radius 3 is 2.76 bits per heavy atom. The molecule has 0 aliphatic heterocycles. The van der Waals surface area contributed by atoms with E-state index in [1.54, 1.807) is 12.1 Å². The van der Waals surface area contributed by atoms with Crippen LogP contribution in [-0.2, 0) is 4.79 Å². The molecule has 0 aliphatic rings. The van der Waals surface area contributed by atoms with E-state index in [2.05, 4.69) is 26.2 Å². The van der Waals surface area contributed by atoms with Crippen molar-refractivity contribution in [3.63, 3.8) is 0 Å². The van der Waals surface area contributed by atoms with Gasteiger partial charge in [-0.05, 0) is 28.1 Å². The molecule has 3 N–H and O–H groups in total. The molecule has 1 rings (SSSR count). The number of aromatic nitrogens is 1. The van der Waals surface area contributed by atoms with E-state index in [9.17, 15) is 9.59 Å². The van der Waals surface area contributed by atoms with Crippen molar-refractivity contribution < 1.29 is 19.8 Å². The van der Waals surface area contributed by atoms with Gasteiger partial charge in [-0.2, -0.15) is 0 Å². The van der Waals surface area contributed by atoms with Gasteiger partial charge in [-0.15, -0.1) is 0 Å². The summed E-state index contributed by atoms with van der Waals surface area (Å²) < 4.78 is 0.538. The van der Waals surface area contributed by atoms with Gasteiger partial charge in [0, 0.05) is 13.0 Å². The number of amides is 1. The number of carbonyl (C=O) groups excluding carboxylic acids is 1. The predicted octanol–water partition coefficient (Wildman–Crippen LogP) is 0.409. The van der Waals surface area contributed by atoms with Gasteiger partial charge in [0.1, 0.15) is 10.3 Å². The highest BCUT2D eigenvalue weighted by Gasteiger charge is 2.13. The summed E-state index contributed by atoms with van der Waals surface area (Å²) in [5.74, 6) is -1.72. The standard InChI is InChI=1S/C10H11BrN2O4/c11-8-3-1-2-6(13-8)9(15)12-5-4-7(14)10(16)17/h1-3,7,14H,4-5H2,(H,12,15)(H,16,17)/t7-/m0/s1. The number of aliphatic carboxylic acids is 1. The molecule has 6 nitrogen and oxygen atoms in total. The molecule has 0 aromatic carbocycles. The maximum atomic E-state index is 11.5. The van der Waals surface area contributed by atoms with Gasteiger partial charge in [-0.3, -0.25) is 4.79 Å². The molecule has 1 aromatic rings. The number of halogens is 1. The zero-order valence-corrected chi connectivity index (χ0v) is 10.3. The number of hydrogen-bond donors (Lipinski definition) is 3. The average Bonchev–Trinajstić information content (AvgIpc) is 2.28. The van der Waals surface area contributed by atoms with Crippen LogP contribution in [0.3, 0.4) is 0 Å². The van der Waals surface area contributed by atoms with Crippen LogP contribution in [0.2, 0.25) is 0 Å². The first-order valence-electron chi connectivity index (χ1n) is 4.82. The zero-order valence-electron chi connectivity index (χ0n) is 8.76. The Morgan fingerprint density at radius 1 is 1.47 bits per heavy atom. The second-order valence-electron chi connectivity index (χ2n) is 3.24. The summed E-state index contributed by atoms with van der Waals surface area (Å²) in [6.07, 6.45) is -1.51. The van der Waals surface area contributed by atoms with Crippen LogP contribution in [0.1, 0.15) is 16.9 Å². The number of aliphatic hydroxyl groups excluding tert-OH is 1. The van der Waals surface area contributed by atoms with E-state index in [1.165, 1.54) is 6.07 Å². The third-order valence-corrected chi connectivity index (χ3v) is 2.38. The minimum Gasteiger partial charge on any atom is -0.479 e. The Balaban J connectivity index is 2.43. The summed E-state index contributed by atoms with van der Waals surface area (Å²) in [4.78, 5) is 25.8. The molecule has 92 valence electrons. The quantitative estimate of drug-likeness (QED) is 0.684. The topological polar surface area (TPSA) is 99.5 Å². The second-order valence-corrected chi connectivity index (χ2v) is 4.06. The third kappa shape index (κ3) is 4.49. The fourth-order valence-electron chi connectivity index (χ4n) is 1.07. The van der Waals surface area contributed by atoms with Crippen molar-refractivity contribution in [1.29, 1.82) is 0 Å². The first kappa shape index (κ1) is 13.6. The van der Waals surface area contributed by atoms with Crippen LogP contribution in [0.5, 0.6) is 0 Å². The van der Waals surface area contributed by atoms with Gasteiger partial charge < -0.3 is 15.5 Å². The fourth-order valence-corrected chi connectivity index (χ4v) is 1.41. The molecule has 0 saturated heterocycles. The highest BCUT2D eigenvalue weighted by Crippen LogP contribution is 2.06. The Labute approximate surface area is 106 Å². The van der Waals surface area contributed by atoms with E-state index < -0.39 is 18.0 Å². The maximum Gasteiger partial charge on any atom is 0.332 e. The van der Waals surface area contributed by atoms with Crippen LogP contribution in [0.15, 0.2) is 22.8 Å². The summed E-state index contributed by atoms with van der Waals surface area (Å²) in [7, 11) is 0. The number of rotatable bonds is 5. The Kier molecular flexibility index (Phi) is 5.05. The molecule has 0 spiro atoms.